The molecular weight excluding hydrogens is 258 g/mol. The summed E-state index contributed by atoms with van der Waals surface area (Å²) in [4.78, 5) is 12.6. The van der Waals surface area contributed by atoms with Crippen molar-refractivity contribution in [1.82, 2.24) is 15.0 Å². The molecular formula is C13H25N5O2. The molecule has 0 saturated heterocycles. The Morgan fingerprint density at radius 1 is 1.10 bits per heavy atom. The van der Waals surface area contributed by atoms with Crippen LogP contribution >= 0.6 is 0 Å². The van der Waals surface area contributed by atoms with Gasteiger partial charge in [-0.2, -0.15) is 15.0 Å². The van der Waals surface area contributed by atoms with Gasteiger partial charge in [0.1, 0.15) is 0 Å². The highest BCUT2D eigenvalue weighted by molar-refractivity contribution is 5.36. The number of ether oxygens (including phenoxy) is 1. The molecule has 0 aliphatic rings. The third kappa shape index (κ3) is 5.56. The lowest BCUT2D eigenvalue weighted by Gasteiger charge is -2.21. The van der Waals surface area contributed by atoms with Crippen molar-refractivity contribution in [2.75, 3.05) is 30.3 Å². The molecule has 0 spiro atoms. The smallest absolute Gasteiger partial charge is 0.323 e. The van der Waals surface area contributed by atoms with E-state index in [-0.39, 0.29) is 6.01 Å². The third-order valence-electron chi connectivity index (χ3n) is 2.77. The number of anilines is 2. The Bertz CT molecular complexity index is 412. The van der Waals surface area contributed by atoms with Crippen LogP contribution < -0.4 is 15.4 Å². The lowest BCUT2D eigenvalue weighted by atomic mass is 10.0. The monoisotopic (exact) mass is 283 g/mol. The summed E-state index contributed by atoms with van der Waals surface area (Å²) in [6.07, 6.45) is 1.53. The SMILES string of the molecule is CCCOc1nc(NCC)nc(NCC(C)(O)CC)n1. The first-order chi connectivity index (χ1) is 9.50. The fourth-order valence-corrected chi connectivity index (χ4v) is 1.33. The van der Waals surface area contributed by atoms with E-state index in [1.165, 1.54) is 0 Å². The van der Waals surface area contributed by atoms with Crippen LogP contribution in [0.5, 0.6) is 6.01 Å². The first-order valence-corrected chi connectivity index (χ1v) is 7.09. The minimum absolute atomic E-state index is 0.288. The summed E-state index contributed by atoms with van der Waals surface area (Å²) in [7, 11) is 0. The van der Waals surface area contributed by atoms with Gasteiger partial charge in [-0.05, 0) is 26.7 Å². The molecule has 0 saturated carbocycles. The van der Waals surface area contributed by atoms with Crippen molar-refractivity contribution in [2.24, 2.45) is 0 Å². The van der Waals surface area contributed by atoms with E-state index in [1.54, 1.807) is 6.92 Å². The summed E-state index contributed by atoms with van der Waals surface area (Å²) in [6, 6.07) is 0.288. The topological polar surface area (TPSA) is 92.2 Å². The number of rotatable bonds is 9. The van der Waals surface area contributed by atoms with Gasteiger partial charge in [0.15, 0.2) is 0 Å². The first kappa shape index (κ1) is 16.4. The molecule has 3 N–H and O–H groups in total. The van der Waals surface area contributed by atoms with Gasteiger partial charge in [-0.3, -0.25) is 0 Å². The normalized spacial score (nSPS) is 13.7. The third-order valence-corrected chi connectivity index (χ3v) is 2.77. The molecule has 7 heteroatoms. The summed E-state index contributed by atoms with van der Waals surface area (Å²) in [5.74, 6) is 0.864. The lowest BCUT2D eigenvalue weighted by Crippen LogP contribution is -2.33. The molecule has 1 aromatic heterocycles. The second-order valence-electron chi connectivity index (χ2n) is 4.85. The van der Waals surface area contributed by atoms with Crippen molar-refractivity contribution in [3.8, 4) is 6.01 Å². The van der Waals surface area contributed by atoms with Gasteiger partial charge in [0.05, 0.1) is 12.2 Å². The quantitative estimate of drug-likeness (QED) is 0.634. The van der Waals surface area contributed by atoms with Crippen molar-refractivity contribution in [2.45, 2.75) is 46.1 Å². The Balaban J connectivity index is 2.79. The van der Waals surface area contributed by atoms with Gasteiger partial charge < -0.3 is 20.5 Å². The lowest BCUT2D eigenvalue weighted by molar-refractivity contribution is 0.0695. The summed E-state index contributed by atoms with van der Waals surface area (Å²) < 4.78 is 5.44. The minimum Gasteiger partial charge on any atom is -0.463 e. The van der Waals surface area contributed by atoms with Crippen LogP contribution in [0.15, 0.2) is 0 Å². The number of aromatic nitrogens is 3. The highest BCUT2D eigenvalue weighted by atomic mass is 16.5. The summed E-state index contributed by atoms with van der Waals surface area (Å²) in [6.45, 7) is 9.31. The first-order valence-electron chi connectivity index (χ1n) is 7.09. The molecule has 0 aromatic carbocycles. The molecule has 1 rings (SSSR count). The zero-order chi connectivity index (χ0) is 15.0. The molecule has 7 nitrogen and oxygen atoms in total. The molecule has 114 valence electrons. The molecule has 1 aromatic rings. The van der Waals surface area contributed by atoms with Crippen LogP contribution in [-0.4, -0.2) is 45.4 Å². The molecule has 0 bridgehead atoms. The highest BCUT2D eigenvalue weighted by Crippen LogP contribution is 2.14. The van der Waals surface area contributed by atoms with Crippen molar-refractivity contribution < 1.29 is 9.84 Å². The van der Waals surface area contributed by atoms with Gasteiger partial charge in [-0.1, -0.05) is 13.8 Å². The van der Waals surface area contributed by atoms with Crippen LogP contribution in [0, 0.1) is 0 Å². The van der Waals surface area contributed by atoms with E-state index in [0.29, 0.717) is 38.0 Å². The molecule has 0 fully saturated rings. The van der Waals surface area contributed by atoms with E-state index in [2.05, 4.69) is 25.6 Å². The van der Waals surface area contributed by atoms with E-state index in [1.807, 2.05) is 20.8 Å². The van der Waals surface area contributed by atoms with Crippen molar-refractivity contribution in [3.05, 3.63) is 0 Å². The maximum Gasteiger partial charge on any atom is 0.323 e. The number of nitrogens with zero attached hydrogens (tertiary/aromatic N) is 3. The van der Waals surface area contributed by atoms with Gasteiger partial charge in [0, 0.05) is 13.1 Å². The Kier molecular flexibility index (Phi) is 6.44. The van der Waals surface area contributed by atoms with E-state index in [9.17, 15) is 5.11 Å². The van der Waals surface area contributed by atoms with Crippen molar-refractivity contribution in [3.63, 3.8) is 0 Å². The number of hydrogen-bond acceptors (Lipinski definition) is 7. The number of nitrogens with one attached hydrogen (secondary N) is 2. The molecule has 0 amide bonds. The molecule has 20 heavy (non-hydrogen) atoms. The summed E-state index contributed by atoms with van der Waals surface area (Å²) >= 11 is 0. The summed E-state index contributed by atoms with van der Waals surface area (Å²) in [5, 5.41) is 16.0. The van der Waals surface area contributed by atoms with Crippen LogP contribution in [0.1, 0.15) is 40.5 Å². The molecule has 1 atom stereocenters. The number of hydrogen-bond donors (Lipinski definition) is 3. The predicted octanol–water partition coefficient (Wildman–Crippen LogP) is 1.67. The maximum absolute atomic E-state index is 9.99. The van der Waals surface area contributed by atoms with E-state index in [0.717, 1.165) is 6.42 Å². The van der Waals surface area contributed by atoms with E-state index < -0.39 is 5.60 Å². The van der Waals surface area contributed by atoms with Crippen molar-refractivity contribution in [1.29, 1.82) is 0 Å². The van der Waals surface area contributed by atoms with Gasteiger partial charge in [-0.15, -0.1) is 0 Å². The average Bonchev–Trinajstić information content (AvgIpc) is 2.43. The molecule has 0 aliphatic heterocycles. The zero-order valence-electron chi connectivity index (χ0n) is 12.7. The average molecular weight is 283 g/mol. The maximum atomic E-state index is 9.99. The van der Waals surface area contributed by atoms with Crippen LogP contribution in [0.2, 0.25) is 0 Å². The van der Waals surface area contributed by atoms with Gasteiger partial charge in [-0.25, -0.2) is 0 Å². The second kappa shape index (κ2) is 7.84. The molecule has 1 heterocycles. The molecule has 0 aliphatic carbocycles. The molecule has 1 unspecified atom stereocenters. The highest BCUT2D eigenvalue weighted by Gasteiger charge is 2.18. The summed E-state index contributed by atoms with van der Waals surface area (Å²) in [5.41, 5.74) is -0.796. The Labute approximate surface area is 120 Å². The fraction of sp³-hybridized carbons (Fsp3) is 0.769. The van der Waals surface area contributed by atoms with Crippen LogP contribution in [-0.2, 0) is 0 Å². The van der Waals surface area contributed by atoms with Gasteiger partial charge in [0.2, 0.25) is 11.9 Å². The molecule has 0 radical (unpaired) electrons. The fourth-order valence-electron chi connectivity index (χ4n) is 1.33. The number of aliphatic hydroxyl groups is 1. The van der Waals surface area contributed by atoms with Crippen LogP contribution in [0.25, 0.3) is 0 Å². The Morgan fingerprint density at radius 2 is 1.75 bits per heavy atom. The van der Waals surface area contributed by atoms with Crippen LogP contribution in [0.4, 0.5) is 11.9 Å². The van der Waals surface area contributed by atoms with Crippen molar-refractivity contribution >= 4 is 11.9 Å². The Hall–Kier alpha value is -1.63. The van der Waals surface area contributed by atoms with E-state index >= 15 is 0 Å². The van der Waals surface area contributed by atoms with Gasteiger partial charge in [0.25, 0.3) is 0 Å². The van der Waals surface area contributed by atoms with Crippen LogP contribution in [0.3, 0.4) is 0 Å². The predicted molar refractivity (Wildman–Crippen MR) is 79.2 cm³/mol. The minimum atomic E-state index is -0.796. The Morgan fingerprint density at radius 3 is 2.30 bits per heavy atom. The largest absolute Gasteiger partial charge is 0.463 e. The van der Waals surface area contributed by atoms with E-state index in [4.69, 9.17) is 4.74 Å². The standard InChI is InChI=1S/C13H25N5O2/c1-5-8-20-12-17-10(14-7-3)16-11(18-12)15-9-13(4,19)6-2/h19H,5-9H2,1-4H3,(H2,14,15,16,17,18). The zero-order valence-corrected chi connectivity index (χ0v) is 12.7. The second-order valence-corrected chi connectivity index (χ2v) is 4.85. The van der Waals surface area contributed by atoms with Gasteiger partial charge >= 0.3 is 6.01 Å².